The van der Waals surface area contributed by atoms with Crippen LogP contribution in [0.25, 0.3) is 0 Å². The summed E-state index contributed by atoms with van der Waals surface area (Å²) in [5, 5.41) is 40.3. The lowest BCUT2D eigenvalue weighted by Crippen LogP contribution is -2.60. The maximum Gasteiger partial charge on any atom is 0.186 e. The lowest BCUT2D eigenvalue weighted by molar-refractivity contribution is -0.313. The lowest BCUT2D eigenvalue weighted by atomic mass is 9.46. The van der Waals surface area contributed by atoms with E-state index in [9.17, 15) is 25.2 Å². The van der Waals surface area contributed by atoms with Gasteiger partial charge in [-0.3, -0.25) is 4.79 Å². The van der Waals surface area contributed by atoms with E-state index in [-0.39, 0.29) is 22.9 Å². The molecule has 5 aliphatic rings. The maximum absolute atomic E-state index is 13.9. The van der Waals surface area contributed by atoms with Gasteiger partial charge in [-0.15, -0.1) is 0 Å². The summed E-state index contributed by atoms with van der Waals surface area (Å²) in [7, 11) is 0. The number of hydrogen-bond acceptors (Lipinski definition) is 7. The monoisotopic (exact) mass is 562 g/mol. The van der Waals surface area contributed by atoms with Crippen molar-refractivity contribution in [3.8, 4) is 0 Å². The van der Waals surface area contributed by atoms with Crippen molar-refractivity contribution < 1.29 is 34.7 Å². The fourth-order valence-electron chi connectivity index (χ4n) is 9.88. The van der Waals surface area contributed by atoms with E-state index in [2.05, 4.69) is 34.6 Å². The molecule has 1 heterocycles. The van der Waals surface area contributed by atoms with Gasteiger partial charge in [0.25, 0.3) is 0 Å². The minimum atomic E-state index is -1.45. The highest BCUT2D eigenvalue weighted by molar-refractivity contribution is 5.94. The minimum absolute atomic E-state index is 0.0316. The summed E-state index contributed by atoms with van der Waals surface area (Å²) in [5.41, 5.74) is 1.37. The van der Waals surface area contributed by atoms with Crippen molar-refractivity contribution in [3.63, 3.8) is 0 Å². The van der Waals surface area contributed by atoms with Gasteiger partial charge in [0.1, 0.15) is 24.4 Å². The van der Waals surface area contributed by atoms with Gasteiger partial charge in [-0.2, -0.15) is 0 Å². The van der Waals surface area contributed by atoms with Gasteiger partial charge in [-0.05, 0) is 91.4 Å². The van der Waals surface area contributed by atoms with E-state index in [0.29, 0.717) is 35.9 Å². The smallest absolute Gasteiger partial charge is 0.186 e. The molecule has 0 aromatic heterocycles. The maximum atomic E-state index is 13.9. The third-order valence-electron chi connectivity index (χ3n) is 12.3. The molecule has 0 unspecified atom stereocenters. The molecule has 5 rings (SSSR count). The van der Waals surface area contributed by atoms with Crippen molar-refractivity contribution >= 4 is 5.78 Å². The van der Waals surface area contributed by atoms with E-state index < -0.39 is 37.3 Å². The van der Waals surface area contributed by atoms with Crippen molar-refractivity contribution in [2.75, 3.05) is 6.61 Å². The number of allylic oxidation sites excluding steroid dienone is 1. The molecule has 1 saturated heterocycles. The molecule has 228 valence electrons. The average molecular weight is 563 g/mol. The van der Waals surface area contributed by atoms with E-state index >= 15 is 0 Å². The van der Waals surface area contributed by atoms with Gasteiger partial charge >= 0.3 is 0 Å². The second-order valence-electron chi connectivity index (χ2n) is 15.0. The Balaban J connectivity index is 1.28. The Morgan fingerprint density at radius 3 is 2.42 bits per heavy atom. The predicted molar refractivity (Wildman–Crippen MR) is 152 cm³/mol. The second kappa shape index (κ2) is 11.7. The van der Waals surface area contributed by atoms with E-state index in [1.807, 2.05) is 6.08 Å². The molecule has 4 aliphatic carbocycles. The molecule has 4 N–H and O–H groups in total. The van der Waals surface area contributed by atoms with Crippen LogP contribution in [0.3, 0.4) is 0 Å². The van der Waals surface area contributed by atoms with Gasteiger partial charge in [0.15, 0.2) is 12.1 Å². The Bertz CT molecular complexity index is 947. The zero-order valence-electron chi connectivity index (χ0n) is 25.3. The van der Waals surface area contributed by atoms with Crippen LogP contribution in [0.5, 0.6) is 0 Å². The first kappa shape index (κ1) is 30.6. The average Bonchev–Trinajstić information content (AvgIpc) is 3.26. The third-order valence-corrected chi connectivity index (χ3v) is 12.3. The highest BCUT2D eigenvalue weighted by atomic mass is 16.7. The number of rotatable bonds is 8. The van der Waals surface area contributed by atoms with Crippen LogP contribution in [0.1, 0.15) is 98.8 Å². The molecule has 40 heavy (non-hydrogen) atoms. The predicted octanol–water partition coefficient (Wildman–Crippen LogP) is 4.39. The van der Waals surface area contributed by atoms with Gasteiger partial charge < -0.3 is 29.9 Å². The third kappa shape index (κ3) is 5.26. The Labute approximate surface area is 240 Å². The summed E-state index contributed by atoms with van der Waals surface area (Å²) >= 11 is 0. The van der Waals surface area contributed by atoms with E-state index in [1.54, 1.807) is 0 Å². The molecule has 7 nitrogen and oxygen atoms in total. The molecule has 0 amide bonds. The van der Waals surface area contributed by atoms with Crippen molar-refractivity contribution in [2.24, 2.45) is 46.3 Å². The van der Waals surface area contributed by atoms with Crippen LogP contribution >= 0.6 is 0 Å². The molecule has 0 aromatic rings. The van der Waals surface area contributed by atoms with Gasteiger partial charge in [0, 0.05) is 5.92 Å². The second-order valence-corrected chi connectivity index (χ2v) is 15.0. The van der Waals surface area contributed by atoms with E-state index in [0.717, 1.165) is 30.8 Å². The number of aliphatic hydroxyl groups excluding tert-OH is 4. The SMILES string of the molecule is CC(C)CCC[C@@H](C)[C@H]1CC[C@H]2[C@@H]3C(=O)C=C4C[C@@H](O[C@H]5O[C@H](CO)[C@@H](O)[C@@H](O)[C@H]5O)CC[C@]4(C)[C@H]3CC[C@]12C. The van der Waals surface area contributed by atoms with E-state index in [4.69, 9.17) is 9.47 Å². The van der Waals surface area contributed by atoms with Gasteiger partial charge in [0.2, 0.25) is 0 Å². The normalized spacial score (nSPS) is 47.9. The van der Waals surface area contributed by atoms with Crippen molar-refractivity contribution in [2.45, 2.75) is 136 Å². The van der Waals surface area contributed by atoms with Crippen molar-refractivity contribution in [1.82, 2.24) is 0 Å². The van der Waals surface area contributed by atoms with Gasteiger partial charge in [-0.1, -0.05) is 59.5 Å². The molecule has 13 atom stereocenters. The zero-order valence-corrected chi connectivity index (χ0v) is 25.3. The summed E-state index contributed by atoms with van der Waals surface area (Å²) in [6.07, 6.45) is 6.21. The van der Waals surface area contributed by atoms with Crippen molar-refractivity contribution in [1.29, 1.82) is 0 Å². The van der Waals surface area contributed by atoms with Crippen LogP contribution < -0.4 is 0 Å². The summed E-state index contributed by atoms with van der Waals surface area (Å²) in [6, 6.07) is 0. The topological polar surface area (TPSA) is 116 Å². The fourth-order valence-corrected chi connectivity index (χ4v) is 9.88. The van der Waals surface area contributed by atoms with Crippen molar-refractivity contribution in [3.05, 3.63) is 11.6 Å². The van der Waals surface area contributed by atoms with E-state index in [1.165, 1.54) is 38.5 Å². The van der Waals surface area contributed by atoms with Crippen LogP contribution in [0, 0.1) is 46.3 Å². The van der Waals surface area contributed by atoms with Crippen LogP contribution in [-0.2, 0) is 14.3 Å². The van der Waals surface area contributed by atoms with Crippen LogP contribution in [0.15, 0.2) is 11.6 Å². The molecular weight excluding hydrogens is 508 g/mol. The molecule has 0 radical (unpaired) electrons. The van der Waals surface area contributed by atoms with Gasteiger partial charge in [-0.25, -0.2) is 0 Å². The fraction of sp³-hybridized carbons (Fsp3) is 0.909. The highest BCUT2D eigenvalue weighted by Gasteiger charge is 2.61. The first-order chi connectivity index (χ1) is 18.9. The Morgan fingerprint density at radius 1 is 0.975 bits per heavy atom. The molecule has 0 spiro atoms. The summed E-state index contributed by atoms with van der Waals surface area (Å²) in [5.74, 6) is 3.42. The molecular formula is C33H54O7. The lowest BCUT2D eigenvalue weighted by Gasteiger charge is -2.58. The minimum Gasteiger partial charge on any atom is -0.394 e. The summed E-state index contributed by atoms with van der Waals surface area (Å²) in [6.45, 7) is 11.5. The molecule has 0 aromatic carbocycles. The quantitative estimate of drug-likeness (QED) is 0.347. The number of hydrogen-bond donors (Lipinski definition) is 4. The number of aliphatic hydroxyl groups is 4. The molecule has 0 bridgehead atoms. The summed E-state index contributed by atoms with van der Waals surface area (Å²) in [4.78, 5) is 13.9. The van der Waals surface area contributed by atoms with Crippen LogP contribution in [-0.4, -0.2) is 69.6 Å². The Kier molecular flexibility index (Phi) is 8.95. The standard InChI is InChI=1S/C33H54O7/c1-18(2)7-6-8-19(3)22-9-10-23-27-24(12-14-33(22,23)5)32(4)13-11-21(15-20(32)16-25(27)35)39-31-30(38)29(37)28(36)26(17-34)40-31/h16,18-19,21-24,26-31,34,36-38H,6-15,17H2,1-5H3/t19-,21+,22-,23+,24+,26-,27+,28-,29-,30-,31+,32+,33-/m1/s1. The molecule has 4 fully saturated rings. The molecule has 7 heteroatoms. The molecule has 3 saturated carbocycles. The number of ether oxygens (including phenoxy) is 2. The highest BCUT2D eigenvalue weighted by Crippen LogP contribution is 2.66. The Morgan fingerprint density at radius 2 is 1.73 bits per heavy atom. The Hall–Kier alpha value is -0.830. The number of ketones is 1. The molecule has 1 aliphatic heterocycles. The number of carbonyl (C=O) groups excluding carboxylic acids is 1. The first-order valence-electron chi connectivity index (χ1n) is 16.1. The number of carbonyl (C=O) groups is 1. The number of fused-ring (bicyclic) bond motifs is 5. The first-order valence-corrected chi connectivity index (χ1v) is 16.1. The van der Waals surface area contributed by atoms with Gasteiger partial charge in [0.05, 0.1) is 12.7 Å². The summed E-state index contributed by atoms with van der Waals surface area (Å²) < 4.78 is 11.7. The zero-order chi connectivity index (χ0) is 29.0. The van der Waals surface area contributed by atoms with Crippen LogP contribution in [0.4, 0.5) is 0 Å². The van der Waals surface area contributed by atoms with Crippen LogP contribution in [0.2, 0.25) is 0 Å². The largest absolute Gasteiger partial charge is 0.394 e.